The first-order valence-corrected chi connectivity index (χ1v) is 9.79. The minimum absolute atomic E-state index is 0.179. The molecule has 0 aliphatic rings. The summed E-state index contributed by atoms with van der Waals surface area (Å²) in [6.07, 6.45) is 1.75. The van der Waals surface area contributed by atoms with Crippen LogP contribution in [-0.4, -0.2) is 33.0 Å². The fraction of sp³-hybridized carbons (Fsp3) is 0.130. The summed E-state index contributed by atoms with van der Waals surface area (Å²) in [4.78, 5) is 25.2. The van der Waals surface area contributed by atoms with Gasteiger partial charge in [-0.3, -0.25) is 14.0 Å². The van der Waals surface area contributed by atoms with Gasteiger partial charge in [-0.2, -0.15) is 0 Å². The van der Waals surface area contributed by atoms with Gasteiger partial charge in [-0.15, -0.1) is 5.10 Å². The Balaban J connectivity index is 1.40. The van der Waals surface area contributed by atoms with Crippen molar-refractivity contribution in [3.05, 3.63) is 90.1 Å². The maximum atomic E-state index is 12.8. The number of hydrogen-bond donors (Lipinski definition) is 2. The summed E-state index contributed by atoms with van der Waals surface area (Å²) in [5.41, 5.74) is 2.38. The first-order chi connectivity index (χ1) is 15.1. The zero-order valence-corrected chi connectivity index (χ0v) is 16.9. The summed E-state index contributed by atoms with van der Waals surface area (Å²) < 4.78 is 7.13. The van der Waals surface area contributed by atoms with Gasteiger partial charge in [0.2, 0.25) is 0 Å². The van der Waals surface area contributed by atoms with Gasteiger partial charge in [0.1, 0.15) is 0 Å². The SMILES string of the molecule is C[C@H](NC(=O)c1ccccc1NC(=O)COc1nnc2ccccn12)c1ccccc1. The molecule has 2 N–H and O–H groups in total. The van der Waals surface area contributed by atoms with E-state index in [1.54, 1.807) is 40.9 Å². The molecule has 31 heavy (non-hydrogen) atoms. The van der Waals surface area contributed by atoms with Crippen LogP contribution in [0.5, 0.6) is 6.01 Å². The van der Waals surface area contributed by atoms with E-state index in [0.717, 1.165) is 5.56 Å². The van der Waals surface area contributed by atoms with E-state index in [0.29, 0.717) is 16.9 Å². The van der Waals surface area contributed by atoms with Crippen molar-refractivity contribution in [1.82, 2.24) is 19.9 Å². The lowest BCUT2D eigenvalue weighted by molar-refractivity contribution is -0.118. The third-order valence-electron chi connectivity index (χ3n) is 4.71. The van der Waals surface area contributed by atoms with E-state index in [4.69, 9.17) is 4.74 Å². The maximum Gasteiger partial charge on any atom is 0.322 e. The van der Waals surface area contributed by atoms with Crippen molar-refractivity contribution in [3.63, 3.8) is 0 Å². The number of anilines is 1. The van der Waals surface area contributed by atoms with Crippen LogP contribution in [0.15, 0.2) is 79.0 Å². The zero-order valence-electron chi connectivity index (χ0n) is 16.9. The van der Waals surface area contributed by atoms with Crippen LogP contribution in [0.2, 0.25) is 0 Å². The van der Waals surface area contributed by atoms with Crippen LogP contribution < -0.4 is 15.4 Å². The van der Waals surface area contributed by atoms with Crippen LogP contribution in [0.25, 0.3) is 5.65 Å². The highest BCUT2D eigenvalue weighted by atomic mass is 16.5. The molecule has 4 rings (SSSR count). The van der Waals surface area contributed by atoms with E-state index in [2.05, 4.69) is 20.8 Å². The van der Waals surface area contributed by atoms with E-state index < -0.39 is 5.91 Å². The number of nitrogens with one attached hydrogen (secondary N) is 2. The smallest absolute Gasteiger partial charge is 0.322 e. The number of amides is 2. The van der Waals surface area contributed by atoms with Gasteiger partial charge in [0.05, 0.1) is 17.3 Å². The summed E-state index contributed by atoms with van der Waals surface area (Å²) >= 11 is 0. The van der Waals surface area contributed by atoms with Crippen molar-refractivity contribution in [3.8, 4) is 6.01 Å². The highest BCUT2D eigenvalue weighted by Crippen LogP contribution is 2.18. The normalized spacial score (nSPS) is 11.6. The second-order valence-corrected chi connectivity index (χ2v) is 6.90. The lowest BCUT2D eigenvalue weighted by Gasteiger charge is -2.16. The predicted molar refractivity (Wildman–Crippen MR) is 116 cm³/mol. The van der Waals surface area contributed by atoms with Crippen LogP contribution in [0.1, 0.15) is 28.9 Å². The van der Waals surface area contributed by atoms with Gasteiger partial charge in [0.15, 0.2) is 12.3 Å². The van der Waals surface area contributed by atoms with Crippen LogP contribution in [0.3, 0.4) is 0 Å². The molecule has 2 amide bonds. The Labute approximate surface area is 178 Å². The van der Waals surface area contributed by atoms with Crippen molar-refractivity contribution in [1.29, 1.82) is 0 Å². The zero-order chi connectivity index (χ0) is 21.6. The number of para-hydroxylation sites is 1. The molecule has 2 aromatic heterocycles. The van der Waals surface area contributed by atoms with E-state index >= 15 is 0 Å². The van der Waals surface area contributed by atoms with E-state index in [1.807, 2.05) is 49.4 Å². The average molecular weight is 415 g/mol. The number of aromatic nitrogens is 3. The van der Waals surface area contributed by atoms with Crippen molar-refractivity contribution >= 4 is 23.1 Å². The quantitative estimate of drug-likeness (QED) is 0.483. The summed E-state index contributed by atoms with van der Waals surface area (Å²) in [6, 6.07) is 22.0. The third-order valence-corrected chi connectivity index (χ3v) is 4.71. The number of carbonyl (C=O) groups excluding carboxylic acids is 2. The Morgan fingerprint density at radius 3 is 2.55 bits per heavy atom. The Morgan fingerprint density at radius 2 is 1.71 bits per heavy atom. The Bertz CT molecular complexity index is 1210. The fourth-order valence-electron chi connectivity index (χ4n) is 3.12. The van der Waals surface area contributed by atoms with E-state index in [-0.39, 0.29) is 24.6 Å². The van der Waals surface area contributed by atoms with Crippen molar-refractivity contribution in [2.75, 3.05) is 11.9 Å². The number of nitrogens with zero attached hydrogens (tertiary/aromatic N) is 3. The first-order valence-electron chi connectivity index (χ1n) is 9.79. The summed E-state index contributed by atoms with van der Waals surface area (Å²) in [6.45, 7) is 1.64. The van der Waals surface area contributed by atoms with E-state index in [9.17, 15) is 9.59 Å². The molecule has 0 saturated heterocycles. The third kappa shape index (κ3) is 4.69. The average Bonchev–Trinajstić information content (AvgIpc) is 3.22. The van der Waals surface area contributed by atoms with Crippen LogP contribution in [-0.2, 0) is 4.79 Å². The van der Waals surface area contributed by atoms with Crippen molar-refractivity contribution in [2.45, 2.75) is 13.0 Å². The van der Waals surface area contributed by atoms with Gasteiger partial charge in [-0.1, -0.05) is 53.6 Å². The minimum Gasteiger partial charge on any atom is -0.453 e. The monoisotopic (exact) mass is 415 g/mol. The number of hydrogen-bond acceptors (Lipinski definition) is 5. The lowest BCUT2D eigenvalue weighted by atomic mass is 10.1. The number of carbonyl (C=O) groups is 2. The molecule has 0 spiro atoms. The number of benzene rings is 2. The molecule has 2 heterocycles. The molecule has 0 unspecified atom stereocenters. The number of rotatable bonds is 7. The summed E-state index contributed by atoms with van der Waals surface area (Å²) in [7, 11) is 0. The molecule has 156 valence electrons. The second kappa shape index (κ2) is 9.08. The molecule has 1 atom stereocenters. The highest BCUT2D eigenvalue weighted by molar-refractivity contribution is 6.04. The molecule has 2 aromatic carbocycles. The molecule has 0 aliphatic carbocycles. The highest BCUT2D eigenvalue weighted by Gasteiger charge is 2.16. The van der Waals surface area contributed by atoms with Gasteiger partial charge in [-0.25, -0.2) is 0 Å². The molecule has 8 nitrogen and oxygen atoms in total. The topological polar surface area (TPSA) is 97.6 Å². The van der Waals surface area contributed by atoms with Gasteiger partial charge in [-0.05, 0) is 36.8 Å². The van der Waals surface area contributed by atoms with Crippen LogP contribution >= 0.6 is 0 Å². The molecule has 0 aliphatic heterocycles. The van der Waals surface area contributed by atoms with Crippen LogP contribution in [0.4, 0.5) is 5.69 Å². The molecule has 0 saturated carbocycles. The molecular formula is C23H21N5O3. The van der Waals surface area contributed by atoms with Gasteiger partial charge in [0.25, 0.3) is 11.8 Å². The molecular weight excluding hydrogens is 394 g/mol. The number of pyridine rings is 1. The Morgan fingerprint density at radius 1 is 0.968 bits per heavy atom. The van der Waals surface area contributed by atoms with Gasteiger partial charge >= 0.3 is 6.01 Å². The Hall–Kier alpha value is -4.20. The summed E-state index contributed by atoms with van der Waals surface area (Å²) in [5.74, 6) is -0.694. The Kier molecular flexibility index (Phi) is 5.89. The second-order valence-electron chi connectivity index (χ2n) is 6.90. The molecule has 4 aromatic rings. The van der Waals surface area contributed by atoms with E-state index in [1.165, 1.54) is 0 Å². The molecule has 0 bridgehead atoms. The molecule has 0 fully saturated rings. The van der Waals surface area contributed by atoms with Gasteiger partial charge < -0.3 is 15.4 Å². The van der Waals surface area contributed by atoms with Crippen molar-refractivity contribution in [2.24, 2.45) is 0 Å². The maximum absolute atomic E-state index is 12.8. The predicted octanol–water partition coefficient (Wildman–Crippen LogP) is 3.24. The number of fused-ring (bicyclic) bond motifs is 1. The lowest BCUT2D eigenvalue weighted by Crippen LogP contribution is -2.28. The summed E-state index contributed by atoms with van der Waals surface area (Å²) in [5, 5.41) is 13.6. The number of ether oxygens (including phenoxy) is 1. The van der Waals surface area contributed by atoms with Crippen molar-refractivity contribution < 1.29 is 14.3 Å². The standard InChI is InChI=1S/C23H21N5O3/c1-16(17-9-3-2-4-10-17)24-22(30)18-11-5-6-12-19(18)25-21(29)15-31-23-27-26-20-13-7-8-14-28(20)23/h2-14,16H,15H2,1H3,(H,24,30)(H,25,29)/t16-/m0/s1. The van der Waals surface area contributed by atoms with Gasteiger partial charge in [0, 0.05) is 6.20 Å². The fourth-order valence-corrected chi connectivity index (χ4v) is 3.12. The largest absolute Gasteiger partial charge is 0.453 e. The molecule has 0 radical (unpaired) electrons. The van der Waals surface area contributed by atoms with Crippen LogP contribution in [0, 0.1) is 0 Å². The minimum atomic E-state index is -0.413. The first kappa shape index (κ1) is 20.1. The molecule has 8 heteroatoms.